The van der Waals surface area contributed by atoms with Gasteiger partial charge in [-0.15, -0.1) is 12.6 Å². The first-order chi connectivity index (χ1) is 5.59. The molecule has 0 atom stereocenters. The highest BCUT2D eigenvalue weighted by Crippen LogP contribution is 2.21. The molecule has 1 aromatic rings. The lowest BCUT2D eigenvalue weighted by molar-refractivity contribution is -0.110. The van der Waals surface area contributed by atoms with Gasteiger partial charge in [-0.05, 0) is 17.7 Å². The number of carbonyl (C=O) groups is 1. The Balaban J connectivity index is 2.93. The van der Waals surface area contributed by atoms with Crippen molar-refractivity contribution in [3.63, 3.8) is 0 Å². The predicted octanol–water partition coefficient (Wildman–Crippen LogP) is 2.99. The minimum absolute atomic E-state index is 0.209. The zero-order valence-corrected chi connectivity index (χ0v) is 8.46. The first-order valence-electron chi connectivity index (χ1n) is 3.25. The summed E-state index contributed by atoms with van der Waals surface area (Å²) in [4.78, 5) is 10.6. The van der Waals surface area contributed by atoms with Crippen molar-refractivity contribution in [1.82, 2.24) is 0 Å². The molecule has 0 aliphatic carbocycles. The van der Waals surface area contributed by atoms with Crippen LogP contribution in [0.2, 0.25) is 10.0 Å². The van der Waals surface area contributed by atoms with Crippen molar-refractivity contribution in [1.29, 1.82) is 0 Å². The standard InChI is InChI=1S/C8H6Cl2OS/c9-6-2-1-5(3-8(11)12)7(10)4-6/h1-2,4H,3H2,(H,11,12). The van der Waals surface area contributed by atoms with Crippen LogP contribution in [0.15, 0.2) is 18.2 Å². The quantitative estimate of drug-likeness (QED) is 0.759. The second-order valence-corrected chi connectivity index (χ2v) is 3.65. The van der Waals surface area contributed by atoms with Gasteiger partial charge in [0, 0.05) is 16.5 Å². The van der Waals surface area contributed by atoms with Crippen LogP contribution in [-0.4, -0.2) is 5.12 Å². The number of halogens is 2. The number of hydrogen-bond acceptors (Lipinski definition) is 1. The minimum Gasteiger partial charge on any atom is -0.287 e. The third-order valence-corrected chi connectivity index (χ3v) is 2.10. The van der Waals surface area contributed by atoms with Crippen LogP contribution in [0.4, 0.5) is 0 Å². The molecule has 0 amide bonds. The van der Waals surface area contributed by atoms with Gasteiger partial charge in [-0.1, -0.05) is 29.3 Å². The average Bonchev–Trinajstić information content (AvgIpc) is 1.94. The monoisotopic (exact) mass is 220 g/mol. The fourth-order valence-corrected chi connectivity index (χ4v) is 1.47. The number of thiol groups is 1. The van der Waals surface area contributed by atoms with Crippen LogP contribution in [0, 0.1) is 0 Å². The molecule has 0 saturated heterocycles. The molecule has 0 spiro atoms. The van der Waals surface area contributed by atoms with Crippen LogP contribution in [0.25, 0.3) is 0 Å². The molecule has 0 bridgehead atoms. The summed E-state index contributed by atoms with van der Waals surface area (Å²) in [7, 11) is 0. The lowest BCUT2D eigenvalue weighted by Gasteiger charge is -2.00. The molecule has 1 nitrogen and oxygen atoms in total. The Morgan fingerprint density at radius 1 is 1.42 bits per heavy atom. The van der Waals surface area contributed by atoms with Crippen molar-refractivity contribution in [3.05, 3.63) is 33.8 Å². The third kappa shape index (κ3) is 2.70. The van der Waals surface area contributed by atoms with E-state index in [-0.39, 0.29) is 11.5 Å². The van der Waals surface area contributed by atoms with Crippen LogP contribution in [0.3, 0.4) is 0 Å². The molecular formula is C8H6Cl2OS. The summed E-state index contributed by atoms with van der Waals surface area (Å²) in [6.07, 6.45) is 0.235. The van der Waals surface area contributed by atoms with Gasteiger partial charge in [-0.3, -0.25) is 4.79 Å². The van der Waals surface area contributed by atoms with Crippen molar-refractivity contribution in [3.8, 4) is 0 Å². The lowest BCUT2D eigenvalue weighted by Crippen LogP contribution is -1.93. The van der Waals surface area contributed by atoms with Crippen LogP contribution >= 0.6 is 35.8 Å². The van der Waals surface area contributed by atoms with E-state index < -0.39 is 0 Å². The van der Waals surface area contributed by atoms with Gasteiger partial charge >= 0.3 is 0 Å². The first kappa shape index (κ1) is 9.90. The Kier molecular flexibility index (Phi) is 3.44. The van der Waals surface area contributed by atoms with Crippen molar-refractivity contribution in [2.45, 2.75) is 6.42 Å². The Morgan fingerprint density at radius 3 is 2.58 bits per heavy atom. The van der Waals surface area contributed by atoms with Crippen LogP contribution < -0.4 is 0 Å². The SMILES string of the molecule is O=C(S)Cc1ccc(Cl)cc1Cl. The van der Waals surface area contributed by atoms with Crippen molar-refractivity contribution in [2.24, 2.45) is 0 Å². The van der Waals surface area contributed by atoms with Gasteiger partial charge in [0.05, 0.1) is 0 Å². The van der Waals surface area contributed by atoms with Gasteiger partial charge in [0.25, 0.3) is 0 Å². The van der Waals surface area contributed by atoms with E-state index >= 15 is 0 Å². The smallest absolute Gasteiger partial charge is 0.190 e. The third-order valence-electron chi connectivity index (χ3n) is 1.36. The Morgan fingerprint density at radius 2 is 2.08 bits per heavy atom. The van der Waals surface area contributed by atoms with E-state index in [0.717, 1.165) is 5.56 Å². The highest BCUT2D eigenvalue weighted by molar-refractivity contribution is 7.96. The number of hydrogen-bond donors (Lipinski definition) is 1. The molecule has 0 radical (unpaired) electrons. The zero-order valence-electron chi connectivity index (χ0n) is 6.05. The maximum Gasteiger partial charge on any atom is 0.190 e. The summed E-state index contributed by atoms with van der Waals surface area (Å²) in [6.45, 7) is 0. The van der Waals surface area contributed by atoms with Crippen molar-refractivity contribution < 1.29 is 4.79 Å². The summed E-state index contributed by atoms with van der Waals surface area (Å²) in [6, 6.07) is 5.02. The molecule has 0 aliphatic heterocycles. The minimum atomic E-state index is -0.209. The van der Waals surface area contributed by atoms with Crippen molar-refractivity contribution >= 4 is 40.9 Å². The highest BCUT2D eigenvalue weighted by Gasteiger charge is 2.03. The van der Waals surface area contributed by atoms with E-state index in [1.807, 2.05) is 0 Å². The molecule has 0 aromatic heterocycles. The Bertz CT molecular complexity index is 312. The summed E-state index contributed by atoms with van der Waals surface area (Å²) >= 11 is 15.1. The number of benzene rings is 1. The lowest BCUT2D eigenvalue weighted by atomic mass is 10.2. The van der Waals surface area contributed by atoms with Crippen LogP contribution in [-0.2, 0) is 11.2 Å². The van der Waals surface area contributed by atoms with E-state index in [1.54, 1.807) is 18.2 Å². The fraction of sp³-hybridized carbons (Fsp3) is 0.125. The van der Waals surface area contributed by atoms with Crippen molar-refractivity contribution in [2.75, 3.05) is 0 Å². The molecule has 0 fully saturated rings. The molecule has 0 N–H and O–H groups in total. The molecule has 0 unspecified atom stereocenters. The normalized spacial score (nSPS) is 9.92. The molecule has 0 saturated carbocycles. The van der Waals surface area contributed by atoms with E-state index in [4.69, 9.17) is 23.2 Å². The summed E-state index contributed by atoms with van der Waals surface area (Å²) < 4.78 is 0. The Labute approximate surface area is 86.1 Å². The first-order valence-corrected chi connectivity index (χ1v) is 4.45. The largest absolute Gasteiger partial charge is 0.287 e. The summed E-state index contributed by atoms with van der Waals surface area (Å²) in [5.74, 6) is 0. The van der Waals surface area contributed by atoms with E-state index in [0.29, 0.717) is 10.0 Å². The summed E-state index contributed by atoms with van der Waals surface area (Å²) in [5.41, 5.74) is 0.751. The van der Waals surface area contributed by atoms with Gasteiger partial charge in [-0.2, -0.15) is 0 Å². The van der Waals surface area contributed by atoms with E-state index in [9.17, 15) is 4.79 Å². The predicted molar refractivity (Wildman–Crippen MR) is 54.2 cm³/mol. The van der Waals surface area contributed by atoms with E-state index in [1.165, 1.54) is 0 Å². The molecular weight excluding hydrogens is 215 g/mol. The fourth-order valence-electron chi connectivity index (χ4n) is 0.828. The topological polar surface area (TPSA) is 17.1 Å². The number of rotatable bonds is 2. The second kappa shape index (κ2) is 4.17. The van der Waals surface area contributed by atoms with Gasteiger partial charge in [-0.25, -0.2) is 0 Å². The molecule has 0 aliphatic rings. The maximum absolute atomic E-state index is 10.6. The molecule has 1 rings (SSSR count). The van der Waals surface area contributed by atoms with Gasteiger partial charge < -0.3 is 0 Å². The summed E-state index contributed by atoms with van der Waals surface area (Å²) in [5, 5.41) is 0.861. The molecule has 12 heavy (non-hydrogen) atoms. The Hall–Kier alpha value is -0.180. The van der Waals surface area contributed by atoms with Gasteiger partial charge in [0.2, 0.25) is 0 Å². The zero-order chi connectivity index (χ0) is 9.14. The average molecular weight is 221 g/mol. The molecule has 1 aromatic carbocycles. The van der Waals surface area contributed by atoms with Gasteiger partial charge in [0.1, 0.15) is 0 Å². The van der Waals surface area contributed by atoms with E-state index in [2.05, 4.69) is 12.6 Å². The second-order valence-electron chi connectivity index (χ2n) is 2.31. The highest BCUT2D eigenvalue weighted by atomic mass is 35.5. The van der Waals surface area contributed by atoms with Crippen LogP contribution in [0.1, 0.15) is 5.56 Å². The number of carbonyl (C=O) groups excluding carboxylic acids is 1. The van der Waals surface area contributed by atoms with Crippen LogP contribution in [0.5, 0.6) is 0 Å². The molecule has 64 valence electrons. The van der Waals surface area contributed by atoms with Gasteiger partial charge in [0.15, 0.2) is 5.12 Å². The maximum atomic E-state index is 10.6. The molecule has 0 heterocycles. The molecule has 4 heteroatoms.